The number of aromatic nitrogens is 8. The van der Waals surface area contributed by atoms with Crippen LogP contribution in [-0.4, -0.2) is 39.3 Å². The largest absolute Gasteiger partial charge is 0.334 e. The molecule has 37 heavy (non-hydrogen) atoms. The predicted molar refractivity (Wildman–Crippen MR) is 144 cm³/mol. The van der Waals surface area contributed by atoms with E-state index in [1.165, 1.54) is 0 Å². The minimum Gasteiger partial charge on any atom is -0.331 e. The molecular formula is C28H32N8O. The molecule has 4 heterocycles. The van der Waals surface area contributed by atoms with Crippen LogP contribution in [0.5, 0.6) is 0 Å². The molecule has 0 fully saturated rings. The number of H-pyrrole nitrogens is 1. The van der Waals surface area contributed by atoms with E-state index in [1.807, 2.05) is 53.4 Å². The van der Waals surface area contributed by atoms with Crippen LogP contribution in [0.2, 0.25) is 0 Å². The Morgan fingerprint density at radius 1 is 1.05 bits per heavy atom. The Labute approximate surface area is 215 Å². The van der Waals surface area contributed by atoms with Crippen LogP contribution in [0.4, 0.5) is 0 Å². The van der Waals surface area contributed by atoms with Crippen molar-refractivity contribution in [3.05, 3.63) is 88.5 Å². The molecular weight excluding hydrogens is 464 g/mol. The number of aryl methyl sites for hydroxylation is 2. The highest BCUT2D eigenvalue weighted by Gasteiger charge is 2.19. The van der Waals surface area contributed by atoms with Gasteiger partial charge in [-0.15, -0.1) is 10.2 Å². The van der Waals surface area contributed by atoms with Gasteiger partial charge >= 0.3 is 5.69 Å². The van der Waals surface area contributed by atoms with E-state index in [2.05, 4.69) is 65.1 Å². The number of hydrogen-bond donors (Lipinski definition) is 1. The van der Waals surface area contributed by atoms with Crippen molar-refractivity contribution in [2.24, 2.45) is 0 Å². The van der Waals surface area contributed by atoms with Crippen LogP contribution in [0, 0.1) is 6.92 Å². The fourth-order valence-electron chi connectivity index (χ4n) is 4.72. The molecule has 0 saturated carbocycles. The third-order valence-corrected chi connectivity index (χ3v) is 6.68. The maximum atomic E-state index is 13.7. The first kappa shape index (κ1) is 24.4. The van der Waals surface area contributed by atoms with E-state index in [9.17, 15) is 4.79 Å². The van der Waals surface area contributed by atoms with Crippen LogP contribution < -0.4 is 5.69 Å². The molecule has 9 heteroatoms. The van der Waals surface area contributed by atoms with E-state index >= 15 is 0 Å². The molecule has 4 aromatic heterocycles. The number of pyridine rings is 1. The summed E-state index contributed by atoms with van der Waals surface area (Å²) in [5.41, 5.74) is 5.70. The molecule has 0 aliphatic carbocycles. The normalized spacial score (nSPS) is 11.5. The first-order valence-corrected chi connectivity index (χ1v) is 12.7. The van der Waals surface area contributed by atoms with Crippen molar-refractivity contribution in [3.8, 4) is 28.3 Å². The predicted octanol–water partition coefficient (Wildman–Crippen LogP) is 4.96. The topological polar surface area (TPSA) is 99.2 Å². The number of rotatable bonds is 9. The molecule has 1 aromatic carbocycles. The van der Waals surface area contributed by atoms with Crippen molar-refractivity contribution in [1.29, 1.82) is 0 Å². The van der Waals surface area contributed by atoms with E-state index in [0.29, 0.717) is 12.4 Å². The Morgan fingerprint density at radius 3 is 2.54 bits per heavy atom. The van der Waals surface area contributed by atoms with Gasteiger partial charge in [0.25, 0.3) is 0 Å². The van der Waals surface area contributed by atoms with Crippen LogP contribution in [0.3, 0.4) is 0 Å². The van der Waals surface area contributed by atoms with Gasteiger partial charge in [-0.1, -0.05) is 43.7 Å². The van der Waals surface area contributed by atoms with Crippen LogP contribution >= 0.6 is 0 Å². The van der Waals surface area contributed by atoms with Crippen molar-refractivity contribution in [3.63, 3.8) is 0 Å². The minimum atomic E-state index is -0.0388. The summed E-state index contributed by atoms with van der Waals surface area (Å²) in [5.74, 6) is 1.47. The first-order valence-electron chi connectivity index (χ1n) is 12.7. The zero-order valence-electron chi connectivity index (χ0n) is 21.7. The Kier molecular flexibility index (Phi) is 6.85. The van der Waals surface area contributed by atoms with Crippen LogP contribution in [0.1, 0.15) is 56.6 Å². The zero-order chi connectivity index (χ0) is 25.9. The smallest absolute Gasteiger partial charge is 0.331 e. The van der Waals surface area contributed by atoms with Crippen LogP contribution in [0.15, 0.2) is 65.8 Å². The maximum absolute atomic E-state index is 13.7. The standard InChI is InChI=1S/C28H32N8O/c1-5-6-9-23-18-36(27-20(4)14-15-34(27)19(2)3)28(37)35(23)17-22-13-12-21(16-29-22)24-10-7-8-11-25(24)26-30-32-33-31-26/h7-8,10-16,18-19H,5-6,9,17H2,1-4H3,(H,30,31,32,33). The Morgan fingerprint density at radius 2 is 1.86 bits per heavy atom. The second-order valence-electron chi connectivity index (χ2n) is 9.61. The monoisotopic (exact) mass is 496 g/mol. The van der Waals surface area contributed by atoms with Crippen LogP contribution in [0.25, 0.3) is 28.3 Å². The van der Waals surface area contributed by atoms with E-state index in [0.717, 1.165) is 58.7 Å². The average Bonchev–Trinajstić information content (AvgIpc) is 3.64. The maximum Gasteiger partial charge on any atom is 0.334 e. The summed E-state index contributed by atoms with van der Waals surface area (Å²) in [5, 5.41) is 14.4. The first-order chi connectivity index (χ1) is 18.0. The summed E-state index contributed by atoms with van der Waals surface area (Å²) in [7, 11) is 0. The second kappa shape index (κ2) is 10.4. The van der Waals surface area contributed by atoms with Gasteiger partial charge < -0.3 is 4.57 Å². The highest BCUT2D eigenvalue weighted by molar-refractivity contribution is 5.79. The SMILES string of the molecule is CCCCc1cn(-c2c(C)ccn2C(C)C)c(=O)n1Cc1ccc(-c2ccccc2-c2nn[nH]n2)cn1. The van der Waals surface area contributed by atoms with Gasteiger partial charge in [0.2, 0.25) is 5.82 Å². The molecule has 0 aliphatic heterocycles. The van der Waals surface area contributed by atoms with Gasteiger partial charge in [0.15, 0.2) is 0 Å². The molecule has 0 amide bonds. The molecule has 0 bridgehead atoms. The molecule has 0 radical (unpaired) electrons. The number of nitrogens with zero attached hydrogens (tertiary/aromatic N) is 7. The van der Waals surface area contributed by atoms with Crippen LogP contribution in [-0.2, 0) is 13.0 Å². The summed E-state index contributed by atoms with van der Waals surface area (Å²) < 4.78 is 5.82. The fourth-order valence-corrected chi connectivity index (χ4v) is 4.72. The lowest BCUT2D eigenvalue weighted by Gasteiger charge is -2.14. The van der Waals surface area contributed by atoms with E-state index in [1.54, 1.807) is 4.57 Å². The summed E-state index contributed by atoms with van der Waals surface area (Å²) in [6, 6.07) is 14.2. The summed E-state index contributed by atoms with van der Waals surface area (Å²) in [6.07, 6.45) is 8.83. The third kappa shape index (κ3) is 4.76. The second-order valence-corrected chi connectivity index (χ2v) is 9.61. The summed E-state index contributed by atoms with van der Waals surface area (Å²) in [4.78, 5) is 18.4. The Bertz CT molecular complexity index is 1540. The van der Waals surface area contributed by atoms with Gasteiger partial charge in [-0.25, -0.2) is 4.79 Å². The van der Waals surface area contributed by atoms with Gasteiger partial charge in [-0.2, -0.15) is 5.21 Å². The Hall–Kier alpha value is -4.27. The summed E-state index contributed by atoms with van der Waals surface area (Å²) >= 11 is 0. The van der Waals surface area contributed by atoms with Gasteiger partial charge in [-0.3, -0.25) is 14.1 Å². The van der Waals surface area contributed by atoms with Gasteiger partial charge in [0.05, 0.1) is 12.2 Å². The molecule has 190 valence electrons. The van der Waals surface area contributed by atoms with Gasteiger partial charge in [0, 0.05) is 41.5 Å². The lowest BCUT2D eigenvalue weighted by Crippen LogP contribution is -2.27. The fraction of sp³-hybridized carbons (Fsp3) is 0.321. The average molecular weight is 497 g/mol. The number of tetrazole rings is 1. The molecule has 0 saturated heterocycles. The van der Waals surface area contributed by atoms with E-state index < -0.39 is 0 Å². The van der Waals surface area contributed by atoms with E-state index in [4.69, 9.17) is 4.98 Å². The summed E-state index contributed by atoms with van der Waals surface area (Å²) in [6.45, 7) is 8.90. The molecule has 9 nitrogen and oxygen atoms in total. The number of aromatic amines is 1. The lowest BCUT2D eigenvalue weighted by molar-refractivity contribution is 0.582. The van der Waals surface area contributed by atoms with Crippen molar-refractivity contribution >= 4 is 0 Å². The number of benzene rings is 1. The van der Waals surface area contributed by atoms with Crippen molar-refractivity contribution < 1.29 is 0 Å². The Balaban J connectivity index is 1.49. The molecule has 0 unspecified atom stereocenters. The van der Waals surface area contributed by atoms with Crippen molar-refractivity contribution in [2.75, 3.05) is 0 Å². The molecule has 5 aromatic rings. The third-order valence-electron chi connectivity index (χ3n) is 6.68. The number of unbranched alkanes of at least 4 members (excludes halogenated alkanes) is 1. The number of imidazole rings is 1. The highest BCUT2D eigenvalue weighted by atomic mass is 16.1. The number of hydrogen-bond acceptors (Lipinski definition) is 5. The van der Waals surface area contributed by atoms with E-state index in [-0.39, 0.29) is 11.7 Å². The van der Waals surface area contributed by atoms with Gasteiger partial charge in [0.1, 0.15) is 5.82 Å². The van der Waals surface area contributed by atoms with Crippen molar-refractivity contribution in [1.82, 2.24) is 39.3 Å². The highest BCUT2D eigenvalue weighted by Crippen LogP contribution is 2.29. The molecule has 0 spiro atoms. The molecule has 5 rings (SSSR count). The van der Waals surface area contributed by atoms with Crippen molar-refractivity contribution in [2.45, 2.75) is 59.5 Å². The lowest BCUT2D eigenvalue weighted by atomic mass is 10.0. The number of nitrogens with one attached hydrogen (secondary N) is 1. The molecule has 0 aliphatic rings. The minimum absolute atomic E-state index is 0.0388. The quantitative estimate of drug-likeness (QED) is 0.311. The zero-order valence-corrected chi connectivity index (χ0v) is 21.7. The molecule has 1 N–H and O–H groups in total. The van der Waals surface area contributed by atoms with Gasteiger partial charge in [-0.05, 0) is 62.1 Å². The molecule has 0 atom stereocenters.